The number of para-hydroxylation sites is 1. The molecule has 1 aromatic rings. The second-order valence-corrected chi connectivity index (χ2v) is 6.07. The minimum Gasteiger partial charge on any atom is -0.486 e. The van der Waals surface area contributed by atoms with Crippen LogP contribution in [-0.2, 0) is 0 Å². The van der Waals surface area contributed by atoms with E-state index < -0.39 is 0 Å². The summed E-state index contributed by atoms with van der Waals surface area (Å²) < 4.78 is 11.2. The molecule has 0 aromatic heterocycles. The number of nitrogens with zero attached hydrogens (tertiary/aromatic N) is 1. The van der Waals surface area contributed by atoms with Gasteiger partial charge in [0.1, 0.15) is 13.2 Å². The van der Waals surface area contributed by atoms with Crippen LogP contribution in [0.1, 0.15) is 23.7 Å². The Labute approximate surface area is 112 Å². The van der Waals surface area contributed by atoms with Gasteiger partial charge in [-0.1, -0.05) is 13.0 Å². The molecule has 100 valence electrons. The lowest BCUT2D eigenvalue weighted by Crippen LogP contribution is -2.32. The number of benzene rings is 1. The minimum atomic E-state index is 0.0794. The highest BCUT2D eigenvalue weighted by atomic mass is 16.6. The largest absolute Gasteiger partial charge is 0.486 e. The van der Waals surface area contributed by atoms with Gasteiger partial charge in [-0.05, 0) is 29.9 Å². The summed E-state index contributed by atoms with van der Waals surface area (Å²) in [6, 6.07) is 5.55. The summed E-state index contributed by atoms with van der Waals surface area (Å²) in [6.45, 7) is 5.10. The molecule has 2 aliphatic heterocycles. The first kappa shape index (κ1) is 11.1. The van der Waals surface area contributed by atoms with Crippen molar-refractivity contribution in [3.8, 4) is 11.5 Å². The second kappa shape index (κ2) is 3.65. The third kappa shape index (κ3) is 1.62. The Hall–Kier alpha value is -1.71. The van der Waals surface area contributed by atoms with E-state index in [1.807, 2.05) is 23.1 Å². The van der Waals surface area contributed by atoms with E-state index in [2.05, 4.69) is 6.92 Å². The SMILES string of the molecule is CC12CC1CN(C(=O)c1cccc3c1OCCO3)C2. The fourth-order valence-electron chi connectivity index (χ4n) is 3.32. The van der Waals surface area contributed by atoms with Crippen molar-refractivity contribution in [3.05, 3.63) is 23.8 Å². The van der Waals surface area contributed by atoms with Crippen LogP contribution in [0.5, 0.6) is 11.5 Å². The third-order valence-electron chi connectivity index (χ3n) is 4.61. The highest BCUT2D eigenvalue weighted by molar-refractivity contribution is 5.98. The molecule has 1 saturated heterocycles. The Balaban J connectivity index is 1.64. The van der Waals surface area contributed by atoms with Crippen LogP contribution in [0.25, 0.3) is 0 Å². The number of fused-ring (bicyclic) bond motifs is 2. The van der Waals surface area contributed by atoms with Crippen LogP contribution in [-0.4, -0.2) is 37.1 Å². The van der Waals surface area contributed by atoms with Gasteiger partial charge in [0.15, 0.2) is 11.5 Å². The molecule has 4 nitrogen and oxygen atoms in total. The van der Waals surface area contributed by atoms with E-state index in [1.54, 1.807) is 0 Å². The predicted molar refractivity (Wildman–Crippen MR) is 69.5 cm³/mol. The Morgan fingerprint density at radius 1 is 1.37 bits per heavy atom. The van der Waals surface area contributed by atoms with Crippen molar-refractivity contribution in [2.45, 2.75) is 13.3 Å². The topological polar surface area (TPSA) is 38.8 Å². The highest BCUT2D eigenvalue weighted by Gasteiger charge is 2.57. The maximum absolute atomic E-state index is 12.6. The highest BCUT2D eigenvalue weighted by Crippen LogP contribution is 2.57. The molecule has 0 radical (unpaired) electrons. The number of amides is 1. The number of carbonyl (C=O) groups excluding carboxylic acids is 1. The van der Waals surface area contributed by atoms with E-state index in [0.717, 1.165) is 13.1 Å². The van der Waals surface area contributed by atoms with Gasteiger partial charge in [0.2, 0.25) is 0 Å². The molecule has 2 fully saturated rings. The van der Waals surface area contributed by atoms with Gasteiger partial charge in [-0.2, -0.15) is 0 Å². The van der Waals surface area contributed by atoms with Gasteiger partial charge < -0.3 is 14.4 Å². The number of rotatable bonds is 1. The zero-order valence-corrected chi connectivity index (χ0v) is 11.0. The summed E-state index contributed by atoms with van der Waals surface area (Å²) in [7, 11) is 0. The summed E-state index contributed by atoms with van der Waals surface area (Å²) in [5.74, 6) is 2.08. The predicted octanol–water partition coefficient (Wildman–Crippen LogP) is 1.94. The maximum atomic E-state index is 12.6. The monoisotopic (exact) mass is 259 g/mol. The first-order chi connectivity index (χ1) is 9.17. The molecule has 2 atom stereocenters. The number of hydrogen-bond acceptors (Lipinski definition) is 3. The summed E-state index contributed by atoms with van der Waals surface area (Å²) in [5, 5.41) is 0. The smallest absolute Gasteiger partial charge is 0.257 e. The molecule has 2 heterocycles. The van der Waals surface area contributed by atoms with Gasteiger partial charge in [0.25, 0.3) is 5.91 Å². The summed E-state index contributed by atoms with van der Waals surface area (Å²) in [5.41, 5.74) is 1.02. The Bertz CT molecular complexity index is 556. The first-order valence-electron chi connectivity index (χ1n) is 6.85. The van der Waals surface area contributed by atoms with Crippen LogP contribution < -0.4 is 9.47 Å². The first-order valence-corrected chi connectivity index (χ1v) is 6.85. The molecule has 19 heavy (non-hydrogen) atoms. The molecule has 1 amide bonds. The zero-order valence-electron chi connectivity index (χ0n) is 11.0. The maximum Gasteiger partial charge on any atom is 0.257 e. The zero-order chi connectivity index (χ0) is 13.0. The van der Waals surface area contributed by atoms with Crippen molar-refractivity contribution in [2.75, 3.05) is 26.3 Å². The quantitative estimate of drug-likeness (QED) is 0.773. The fraction of sp³-hybridized carbons (Fsp3) is 0.533. The second-order valence-electron chi connectivity index (χ2n) is 6.07. The van der Waals surface area contributed by atoms with Gasteiger partial charge >= 0.3 is 0 Å². The third-order valence-corrected chi connectivity index (χ3v) is 4.61. The van der Waals surface area contributed by atoms with E-state index in [-0.39, 0.29) is 5.91 Å². The van der Waals surface area contributed by atoms with Crippen molar-refractivity contribution >= 4 is 5.91 Å². The van der Waals surface area contributed by atoms with Gasteiger partial charge in [-0.25, -0.2) is 0 Å². The van der Waals surface area contributed by atoms with Crippen molar-refractivity contribution in [1.82, 2.24) is 4.90 Å². The molecule has 1 saturated carbocycles. The summed E-state index contributed by atoms with van der Waals surface area (Å²) in [6.07, 6.45) is 1.27. The van der Waals surface area contributed by atoms with Crippen LogP contribution >= 0.6 is 0 Å². The van der Waals surface area contributed by atoms with Crippen molar-refractivity contribution in [3.63, 3.8) is 0 Å². The lowest BCUT2D eigenvalue weighted by Gasteiger charge is -2.24. The van der Waals surface area contributed by atoms with E-state index in [9.17, 15) is 4.79 Å². The molecule has 1 aromatic carbocycles. The summed E-state index contributed by atoms with van der Waals surface area (Å²) in [4.78, 5) is 14.6. The Morgan fingerprint density at radius 3 is 3.00 bits per heavy atom. The average molecular weight is 259 g/mol. The molecule has 0 bridgehead atoms. The Morgan fingerprint density at radius 2 is 2.21 bits per heavy atom. The van der Waals surface area contributed by atoms with E-state index in [1.165, 1.54) is 6.42 Å². The number of ether oxygens (including phenoxy) is 2. The number of carbonyl (C=O) groups is 1. The number of piperidine rings is 1. The lowest BCUT2D eigenvalue weighted by atomic mass is 10.1. The van der Waals surface area contributed by atoms with Crippen LogP contribution in [0, 0.1) is 11.3 Å². The molecule has 1 aliphatic carbocycles. The molecular weight excluding hydrogens is 242 g/mol. The van der Waals surface area contributed by atoms with E-state index in [0.29, 0.717) is 41.6 Å². The van der Waals surface area contributed by atoms with Crippen LogP contribution in [0.15, 0.2) is 18.2 Å². The molecular formula is C15H17NO3. The number of likely N-dealkylation sites (tertiary alicyclic amines) is 1. The van der Waals surface area contributed by atoms with Crippen LogP contribution in [0.2, 0.25) is 0 Å². The molecule has 3 aliphatic rings. The molecule has 0 N–H and O–H groups in total. The van der Waals surface area contributed by atoms with Crippen molar-refractivity contribution in [1.29, 1.82) is 0 Å². The van der Waals surface area contributed by atoms with E-state index >= 15 is 0 Å². The van der Waals surface area contributed by atoms with Crippen molar-refractivity contribution < 1.29 is 14.3 Å². The van der Waals surface area contributed by atoms with E-state index in [4.69, 9.17) is 9.47 Å². The molecule has 0 spiro atoms. The van der Waals surface area contributed by atoms with Crippen LogP contribution in [0.3, 0.4) is 0 Å². The standard InChI is InChI=1S/C15H17NO3/c1-15-7-10(15)8-16(9-15)14(17)11-3-2-4-12-13(11)19-6-5-18-12/h2-4,10H,5-9H2,1H3. The lowest BCUT2D eigenvalue weighted by molar-refractivity contribution is 0.0756. The fourth-order valence-corrected chi connectivity index (χ4v) is 3.32. The van der Waals surface area contributed by atoms with Gasteiger partial charge in [0.05, 0.1) is 5.56 Å². The Kier molecular flexibility index (Phi) is 2.14. The van der Waals surface area contributed by atoms with Gasteiger partial charge in [-0.15, -0.1) is 0 Å². The number of hydrogen-bond donors (Lipinski definition) is 0. The normalized spacial score (nSPS) is 31.0. The van der Waals surface area contributed by atoms with Gasteiger partial charge in [-0.3, -0.25) is 4.79 Å². The molecule has 4 rings (SSSR count). The van der Waals surface area contributed by atoms with Gasteiger partial charge in [0, 0.05) is 13.1 Å². The van der Waals surface area contributed by atoms with Crippen molar-refractivity contribution in [2.24, 2.45) is 11.3 Å². The minimum absolute atomic E-state index is 0.0794. The molecule has 2 unspecified atom stereocenters. The van der Waals surface area contributed by atoms with Crippen LogP contribution in [0.4, 0.5) is 0 Å². The average Bonchev–Trinajstić information content (AvgIpc) is 2.95. The molecule has 4 heteroatoms. The summed E-state index contributed by atoms with van der Waals surface area (Å²) >= 11 is 0.